The van der Waals surface area contributed by atoms with Crippen molar-refractivity contribution in [3.63, 3.8) is 0 Å². The van der Waals surface area contributed by atoms with Crippen molar-refractivity contribution in [3.05, 3.63) is 51.9 Å². The molecule has 1 aliphatic carbocycles. The van der Waals surface area contributed by atoms with Crippen molar-refractivity contribution in [1.82, 2.24) is 0 Å². The standard InChI is InChI=1S/C27H33F3O3S2/c1-18(2)26(32)35-16-10-8-6-4-3-5-7-9-15-34-20-13-14-21-22(17-20)33-25(31)24(27(28,29)30)23(21)19-11-12-19/h13-14,17,19H,1,3-12,15-16H2,2H3. The van der Waals surface area contributed by atoms with E-state index in [1.165, 1.54) is 37.4 Å². The van der Waals surface area contributed by atoms with Gasteiger partial charge in [0.15, 0.2) is 0 Å². The number of hydrogen-bond donors (Lipinski definition) is 0. The third-order valence-corrected chi connectivity index (χ3v) is 8.26. The van der Waals surface area contributed by atoms with Crippen LogP contribution < -0.4 is 5.63 Å². The number of alkyl halides is 3. The van der Waals surface area contributed by atoms with Gasteiger partial charge in [-0.05, 0) is 73.6 Å². The van der Waals surface area contributed by atoms with Crippen LogP contribution >= 0.6 is 23.5 Å². The van der Waals surface area contributed by atoms with Crippen LogP contribution in [-0.2, 0) is 11.0 Å². The summed E-state index contributed by atoms with van der Waals surface area (Å²) < 4.78 is 45.5. The van der Waals surface area contributed by atoms with E-state index < -0.39 is 17.4 Å². The lowest BCUT2D eigenvalue weighted by Gasteiger charge is -2.13. The Hall–Kier alpha value is -1.67. The third-order valence-electron chi connectivity index (χ3n) is 6.08. The van der Waals surface area contributed by atoms with Crippen molar-refractivity contribution in [2.75, 3.05) is 11.5 Å². The Kier molecular flexibility index (Phi) is 10.4. The molecule has 3 rings (SSSR count). The first-order valence-electron chi connectivity index (χ1n) is 12.3. The second-order valence-corrected chi connectivity index (χ2v) is 11.4. The third kappa shape index (κ3) is 8.45. The number of rotatable bonds is 14. The van der Waals surface area contributed by atoms with Crippen LogP contribution in [0.3, 0.4) is 0 Å². The van der Waals surface area contributed by atoms with E-state index in [4.69, 9.17) is 4.42 Å². The SMILES string of the molecule is C=C(C)C(=O)SCCCCCCCCCCSc1ccc2c(C3CC3)c(C(F)(F)F)c(=O)oc2c1. The minimum Gasteiger partial charge on any atom is -0.422 e. The van der Waals surface area contributed by atoms with Gasteiger partial charge in [0, 0.05) is 16.0 Å². The Balaban J connectivity index is 1.37. The molecule has 0 bridgehead atoms. The van der Waals surface area contributed by atoms with Crippen LogP contribution in [0.4, 0.5) is 13.2 Å². The van der Waals surface area contributed by atoms with Gasteiger partial charge in [-0.15, -0.1) is 11.8 Å². The summed E-state index contributed by atoms with van der Waals surface area (Å²) in [5.74, 6) is 1.58. The van der Waals surface area contributed by atoms with Gasteiger partial charge in [-0.2, -0.15) is 13.2 Å². The van der Waals surface area contributed by atoms with E-state index in [9.17, 15) is 22.8 Å². The summed E-state index contributed by atoms with van der Waals surface area (Å²) in [5.41, 5.74) is -1.45. The highest BCUT2D eigenvalue weighted by molar-refractivity contribution is 8.14. The molecule has 0 saturated heterocycles. The summed E-state index contributed by atoms with van der Waals surface area (Å²) in [4.78, 5) is 24.5. The molecule has 0 amide bonds. The van der Waals surface area contributed by atoms with Crippen molar-refractivity contribution >= 4 is 39.6 Å². The molecule has 192 valence electrons. The number of carbonyl (C=O) groups excluding carboxylic acids is 1. The first-order valence-corrected chi connectivity index (χ1v) is 14.3. The Morgan fingerprint density at radius 2 is 1.63 bits per heavy atom. The minimum atomic E-state index is -4.70. The summed E-state index contributed by atoms with van der Waals surface area (Å²) in [7, 11) is 0. The van der Waals surface area contributed by atoms with E-state index in [2.05, 4.69) is 6.58 Å². The van der Waals surface area contributed by atoms with Gasteiger partial charge in [-0.25, -0.2) is 4.79 Å². The number of hydrogen-bond acceptors (Lipinski definition) is 5. The molecular weight excluding hydrogens is 493 g/mol. The molecule has 1 aliphatic rings. The predicted octanol–water partition coefficient (Wildman–Crippen LogP) is 8.74. The monoisotopic (exact) mass is 526 g/mol. The van der Waals surface area contributed by atoms with Gasteiger partial charge in [0.1, 0.15) is 11.1 Å². The van der Waals surface area contributed by atoms with Crippen LogP contribution in [0, 0.1) is 0 Å². The summed E-state index contributed by atoms with van der Waals surface area (Å²) in [6, 6.07) is 5.22. The number of benzene rings is 1. The zero-order valence-electron chi connectivity index (χ0n) is 20.2. The van der Waals surface area contributed by atoms with Crippen LogP contribution in [0.2, 0.25) is 0 Å². The molecule has 0 atom stereocenters. The van der Waals surface area contributed by atoms with Gasteiger partial charge in [0.25, 0.3) is 0 Å². The Morgan fingerprint density at radius 3 is 2.20 bits per heavy atom. The normalized spacial score (nSPS) is 13.9. The second kappa shape index (κ2) is 13.0. The molecule has 1 heterocycles. The van der Waals surface area contributed by atoms with Gasteiger partial charge in [0.05, 0.1) is 0 Å². The first-order chi connectivity index (χ1) is 16.7. The van der Waals surface area contributed by atoms with Gasteiger partial charge in [-0.3, -0.25) is 4.79 Å². The fourth-order valence-corrected chi connectivity index (χ4v) is 5.82. The van der Waals surface area contributed by atoms with Crippen molar-refractivity contribution < 1.29 is 22.4 Å². The number of thioether (sulfide) groups is 2. The first kappa shape index (κ1) is 27.9. The van der Waals surface area contributed by atoms with Crippen LogP contribution in [0.15, 0.2) is 44.5 Å². The fraction of sp³-hybridized carbons (Fsp3) is 0.556. The topological polar surface area (TPSA) is 47.3 Å². The van der Waals surface area contributed by atoms with E-state index in [0.717, 1.165) is 42.1 Å². The summed E-state index contributed by atoms with van der Waals surface area (Å²) in [6.45, 7) is 5.40. The summed E-state index contributed by atoms with van der Waals surface area (Å²) in [5, 5.41) is 0.500. The maximum absolute atomic E-state index is 13.5. The number of carbonyl (C=O) groups is 1. The quantitative estimate of drug-likeness (QED) is 0.107. The number of unbranched alkanes of at least 4 members (excludes halogenated alkanes) is 7. The molecule has 0 N–H and O–H groups in total. The van der Waals surface area contributed by atoms with E-state index in [-0.39, 0.29) is 22.2 Å². The van der Waals surface area contributed by atoms with E-state index in [1.54, 1.807) is 30.8 Å². The minimum absolute atomic E-state index is 0.0923. The molecule has 3 nitrogen and oxygen atoms in total. The smallest absolute Gasteiger partial charge is 0.422 e. The van der Waals surface area contributed by atoms with Crippen LogP contribution in [-0.4, -0.2) is 16.6 Å². The van der Waals surface area contributed by atoms with Gasteiger partial charge >= 0.3 is 11.8 Å². The molecular formula is C27H33F3O3S2. The Labute approximate surface area is 213 Å². The molecule has 0 spiro atoms. The average Bonchev–Trinajstić information content (AvgIpc) is 3.63. The van der Waals surface area contributed by atoms with Crippen molar-refractivity contribution in [2.24, 2.45) is 0 Å². The van der Waals surface area contributed by atoms with Gasteiger partial charge in [-0.1, -0.05) is 56.9 Å². The molecule has 35 heavy (non-hydrogen) atoms. The lowest BCUT2D eigenvalue weighted by atomic mass is 10.00. The molecule has 1 saturated carbocycles. The highest BCUT2D eigenvalue weighted by atomic mass is 32.2. The van der Waals surface area contributed by atoms with Crippen LogP contribution in [0.5, 0.6) is 0 Å². The largest absolute Gasteiger partial charge is 0.423 e. The number of halogens is 3. The van der Waals surface area contributed by atoms with Gasteiger partial charge < -0.3 is 4.42 Å². The zero-order valence-corrected chi connectivity index (χ0v) is 21.8. The average molecular weight is 527 g/mol. The molecule has 1 aromatic heterocycles. The predicted molar refractivity (Wildman–Crippen MR) is 139 cm³/mol. The van der Waals surface area contributed by atoms with E-state index in [1.807, 2.05) is 6.07 Å². The molecule has 0 radical (unpaired) electrons. The summed E-state index contributed by atoms with van der Waals surface area (Å²) in [6.07, 6.45) is 5.84. The van der Waals surface area contributed by atoms with Crippen LogP contribution in [0.1, 0.15) is 88.2 Å². The molecule has 1 aromatic carbocycles. The molecule has 0 aliphatic heterocycles. The van der Waals surface area contributed by atoms with Crippen molar-refractivity contribution in [3.8, 4) is 0 Å². The molecule has 2 aromatic rings. The maximum Gasteiger partial charge on any atom is 0.423 e. The molecule has 8 heteroatoms. The zero-order chi connectivity index (χ0) is 25.4. The lowest BCUT2D eigenvalue weighted by molar-refractivity contribution is -0.140. The Bertz CT molecular complexity index is 1090. The molecule has 0 unspecified atom stereocenters. The maximum atomic E-state index is 13.5. The van der Waals surface area contributed by atoms with Gasteiger partial charge in [0.2, 0.25) is 5.12 Å². The fourth-order valence-electron chi connectivity index (χ4n) is 4.10. The number of fused-ring (bicyclic) bond motifs is 1. The highest BCUT2D eigenvalue weighted by Gasteiger charge is 2.43. The highest BCUT2D eigenvalue weighted by Crippen LogP contribution is 2.47. The van der Waals surface area contributed by atoms with E-state index in [0.29, 0.717) is 23.8 Å². The van der Waals surface area contributed by atoms with E-state index >= 15 is 0 Å². The van der Waals surface area contributed by atoms with Crippen molar-refractivity contribution in [1.29, 1.82) is 0 Å². The second-order valence-electron chi connectivity index (χ2n) is 9.20. The summed E-state index contributed by atoms with van der Waals surface area (Å²) >= 11 is 3.00. The van der Waals surface area contributed by atoms with Crippen molar-refractivity contribution in [2.45, 2.75) is 88.1 Å². The lowest BCUT2D eigenvalue weighted by Crippen LogP contribution is -2.21. The molecule has 1 fully saturated rings. The Morgan fingerprint density at radius 1 is 1.03 bits per heavy atom. The van der Waals surface area contributed by atoms with Crippen LogP contribution in [0.25, 0.3) is 11.0 Å².